The van der Waals surface area contributed by atoms with Crippen LogP contribution in [-0.4, -0.2) is 41.7 Å². The molecule has 0 aromatic carbocycles. The second kappa shape index (κ2) is 7.52. The van der Waals surface area contributed by atoms with Crippen molar-refractivity contribution in [2.75, 3.05) is 11.2 Å². The normalized spacial score (nSPS) is 25.7. The van der Waals surface area contributed by atoms with Gasteiger partial charge in [-0.2, -0.15) is 0 Å². The van der Waals surface area contributed by atoms with E-state index in [2.05, 4.69) is 38.9 Å². The Balaban J connectivity index is 1.48. The Labute approximate surface area is 173 Å². The molecule has 1 unspecified atom stereocenters. The first-order valence-corrected chi connectivity index (χ1v) is 12.1. The van der Waals surface area contributed by atoms with E-state index in [4.69, 9.17) is 4.98 Å². The largest absolute Gasteiger partial charge is 0.363 e. The molecule has 152 valence electrons. The third kappa shape index (κ3) is 3.35. The number of fused-ring (bicyclic) bond motifs is 2. The first-order chi connectivity index (χ1) is 14.1. The maximum Gasteiger partial charge on any atom is 0.139 e. The average molecular weight is 410 g/mol. The van der Waals surface area contributed by atoms with Crippen LogP contribution >= 0.6 is 0 Å². The topological polar surface area (TPSA) is 74.8 Å². The molecule has 5 rings (SSSR count). The molecule has 1 N–H and O–H groups in total. The van der Waals surface area contributed by atoms with Crippen LogP contribution in [0.4, 0.5) is 5.69 Å². The lowest BCUT2D eigenvalue weighted by molar-refractivity contribution is 0.433. The summed E-state index contributed by atoms with van der Waals surface area (Å²) in [6, 6.07) is 4.58. The number of hydrogen-bond donors (Lipinski definition) is 1. The van der Waals surface area contributed by atoms with Crippen LogP contribution in [0.15, 0.2) is 30.9 Å². The summed E-state index contributed by atoms with van der Waals surface area (Å²) < 4.78 is 11.9. The van der Waals surface area contributed by atoms with Crippen molar-refractivity contribution in [3.05, 3.63) is 47.8 Å². The van der Waals surface area contributed by atoms with Gasteiger partial charge in [0.15, 0.2) is 0 Å². The van der Waals surface area contributed by atoms with Gasteiger partial charge in [0, 0.05) is 76.3 Å². The molecule has 2 atom stereocenters. The van der Waals surface area contributed by atoms with E-state index >= 15 is 0 Å². The van der Waals surface area contributed by atoms with Crippen molar-refractivity contribution < 1.29 is 4.21 Å². The second-order valence-electron chi connectivity index (χ2n) is 8.41. The summed E-state index contributed by atoms with van der Waals surface area (Å²) in [6.45, 7) is 3.10. The highest BCUT2D eigenvalue weighted by atomic mass is 32.2. The maximum atomic E-state index is 11.9. The summed E-state index contributed by atoms with van der Waals surface area (Å²) >= 11 is 0. The Morgan fingerprint density at radius 2 is 1.97 bits per heavy atom. The second-order valence-corrected chi connectivity index (χ2v) is 10.1. The van der Waals surface area contributed by atoms with Crippen LogP contribution in [0.5, 0.6) is 0 Å². The van der Waals surface area contributed by atoms with Gasteiger partial charge in [0.05, 0.1) is 11.4 Å². The molecule has 0 amide bonds. The molecule has 1 fully saturated rings. The number of nitrogens with zero attached hydrogens (tertiary/aromatic N) is 4. The number of rotatable bonds is 3. The van der Waals surface area contributed by atoms with Crippen LogP contribution in [-0.2, 0) is 23.8 Å². The van der Waals surface area contributed by atoms with Crippen molar-refractivity contribution >= 4 is 27.5 Å². The third-order valence-electron chi connectivity index (χ3n) is 6.69. The first kappa shape index (κ1) is 18.7. The summed E-state index contributed by atoms with van der Waals surface area (Å²) in [6.07, 6.45) is 12.5. The van der Waals surface area contributed by atoms with Crippen LogP contribution < -0.4 is 4.90 Å². The van der Waals surface area contributed by atoms with Gasteiger partial charge in [0.2, 0.25) is 0 Å². The van der Waals surface area contributed by atoms with E-state index in [-0.39, 0.29) is 0 Å². The Bertz CT molecular complexity index is 1060. The van der Waals surface area contributed by atoms with Gasteiger partial charge in [-0.25, -0.2) is 15.0 Å². The number of aromatic nitrogens is 4. The Hall–Kier alpha value is -2.28. The molecule has 2 aliphatic rings. The fourth-order valence-corrected chi connectivity index (χ4v) is 6.00. The van der Waals surface area contributed by atoms with Gasteiger partial charge in [-0.3, -0.25) is 4.21 Å². The maximum absolute atomic E-state index is 11.9. The molecule has 3 aromatic heterocycles. The smallest absolute Gasteiger partial charge is 0.139 e. The predicted octanol–water partition coefficient (Wildman–Crippen LogP) is 3.71. The summed E-state index contributed by atoms with van der Waals surface area (Å²) in [5.74, 6) is 0.450. The third-order valence-corrected chi connectivity index (χ3v) is 8.10. The highest BCUT2D eigenvalue weighted by Gasteiger charge is 2.32. The van der Waals surface area contributed by atoms with Crippen LogP contribution in [0.25, 0.3) is 11.0 Å². The van der Waals surface area contributed by atoms with Crippen molar-refractivity contribution in [2.24, 2.45) is 0 Å². The van der Waals surface area contributed by atoms with Gasteiger partial charge < -0.3 is 9.88 Å². The zero-order chi connectivity index (χ0) is 20.0. The van der Waals surface area contributed by atoms with Crippen molar-refractivity contribution in [3.8, 4) is 0 Å². The van der Waals surface area contributed by atoms with Gasteiger partial charge in [-0.05, 0) is 44.7 Å². The van der Waals surface area contributed by atoms with E-state index in [1.54, 1.807) is 6.33 Å². The average Bonchev–Trinajstić information content (AvgIpc) is 3.22. The molecule has 0 bridgehead atoms. The van der Waals surface area contributed by atoms with Crippen molar-refractivity contribution in [2.45, 2.75) is 62.8 Å². The number of pyridine rings is 1. The van der Waals surface area contributed by atoms with Crippen molar-refractivity contribution in [1.29, 1.82) is 0 Å². The summed E-state index contributed by atoms with van der Waals surface area (Å²) in [7, 11) is -0.720. The highest BCUT2D eigenvalue weighted by molar-refractivity contribution is 7.84. The predicted molar refractivity (Wildman–Crippen MR) is 117 cm³/mol. The van der Waals surface area contributed by atoms with Crippen molar-refractivity contribution in [3.63, 3.8) is 0 Å². The van der Waals surface area contributed by atoms with Crippen LogP contribution in [0.2, 0.25) is 0 Å². The number of hydrogen-bond acceptors (Lipinski definition) is 5. The molecule has 29 heavy (non-hydrogen) atoms. The van der Waals surface area contributed by atoms with Gasteiger partial charge in [-0.1, -0.05) is 0 Å². The molecule has 1 aliphatic carbocycles. The molecule has 4 heterocycles. The molecule has 6 nitrogen and oxygen atoms in total. The zero-order valence-corrected chi connectivity index (χ0v) is 17.8. The van der Waals surface area contributed by atoms with Crippen molar-refractivity contribution in [1.82, 2.24) is 19.9 Å². The highest BCUT2D eigenvalue weighted by Crippen LogP contribution is 2.39. The van der Waals surface area contributed by atoms with Crippen LogP contribution in [0.1, 0.15) is 55.5 Å². The number of nitrogens with one attached hydrogen (secondary N) is 1. The van der Waals surface area contributed by atoms with E-state index in [0.29, 0.717) is 17.2 Å². The van der Waals surface area contributed by atoms with E-state index in [0.717, 1.165) is 49.7 Å². The summed E-state index contributed by atoms with van der Waals surface area (Å²) in [5.41, 5.74) is 5.85. The minimum absolute atomic E-state index is 0.346. The first-order valence-electron chi connectivity index (χ1n) is 10.5. The zero-order valence-electron chi connectivity index (χ0n) is 17.0. The van der Waals surface area contributed by atoms with Gasteiger partial charge in [-0.15, -0.1) is 0 Å². The van der Waals surface area contributed by atoms with Crippen LogP contribution in [0.3, 0.4) is 0 Å². The minimum atomic E-state index is -0.720. The summed E-state index contributed by atoms with van der Waals surface area (Å²) in [5, 5.41) is 1.51. The standard InChI is InChI=1S/C22H27N5OS/c1-14-11-19-18(12-27(14)20-8-10-24-22-17(20)7-9-23-22)21(26-13-25-19)15-3-5-16(6-4-15)29(2)28/h7-10,13-16H,3-6,11-12H2,1-2H3,(H,23,24)/t14-,15?,16?,29?/m1/s1. The minimum Gasteiger partial charge on any atom is -0.363 e. The SMILES string of the molecule is C[C@@H]1Cc2ncnc(C3CCC(S(C)=O)CC3)c2CN1c1ccnc2[nH]ccc12. The quantitative estimate of drug-likeness (QED) is 0.714. The van der Waals surface area contributed by atoms with Gasteiger partial charge in [0.25, 0.3) is 0 Å². The van der Waals surface area contributed by atoms with E-state index in [9.17, 15) is 4.21 Å². The van der Waals surface area contributed by atoms with E-state index < -0.39 is 10.8 Å². The van der Waals surface area contributed by atoms with E-state index in [1.165, 1.54) is 22.6 Å². The Kier molecular flexibility index (Phi) is 4.86. The molecule has 0 saturated heterocycles. The molecule has 3 aromatic rings. The number of anilines is 1. The lowest BCUT2D eigenvalue weighted by atomic mass is 9.83. The fraction of sp³-hybridized carbons (Fsp3) is 0.500. The number of H-pyrrole nitrogens is 1. The molecule has 0 spiro atoms. The lowest BCUT2D eigenvalue weighted by Crippen LogP contribution is -2.40. The fourth-order valence-electron chi connectivity index (χ4n) is 5.07. The summed E-state index contributed by atoms with van der Waals surface area (Å²) in [4.78, 5) is 19.5. The Morgan fingerprint density at radius 1 is 1.14 bits per heavy atom. The van der Waals surface area contributed by atoms with Crippen LogP contribution in [0, 0.1) is 0 Å². The molecule has 1 saturated carbocycles. The molecule has 1 aliphatic heterocycles. The van der Waals surface area contributed by atoms with Gasteiger partial charge >= 0.3 is 0 Å². The molecular weight excluding hydrogens is 382 g/mol. The molecule has 0 radical (unpaired) electrons. The monoisotopic (exact) mass is 409 g/mol. The Morgan fingerprint density at radius 3 is 2.76 bits per heavy atom. The molecule has 7 heteroatoms. The lowest BCUT2D eigenvalue weighted by Gasteiger charge is -2.38. The van der Waals surface area contributed by atoms with Gasteiger partial charge in [0.1, 0.15) is 12.0 Å². The number of aromatic amines is 1. The van der Waals surface area contributed by atoms with E-state index in [1.807, 2.05) is 18.6 Å². The molecular formula is C22H27N5OS.